The van der Waals surface area contributed by atoms with Gasteiger partial charge in [0.15, 0.2) is 17.1 Å². The lowest BCUT2D eigenvalue weighted by atomic mass is 10.1. The topological polar surface area (TPSA) is 61.5 Å². The van der Waals surface area contributed by atoms with Crippen molar-refractivity contribution < 1.29 is 9.47 Å². The van der Waals surface area contributed by atoms with Crippen LogP contribution in [-0.2, 0) is 5.75 Å². The van der Waals surface area contributed by atoms with Gasteiger partial charge in [0.1, 0.15) is 0 Å². The third kappa shape index (κ3) is 3.10. The lowest BCUT2D eigenvalue weighted by Gasteiger charge is -2.05. The molecular weight excluding hydrogens is 360 g/mol. The number of hydrogen-bond donors (Lipinski definition) is 0. The highest BCUT2D eigenvalue weighted by atomic mass is 32.2. The van der Waals surface area contributed by atoms with E-state index in [0.29, 0.717) is 0 Å². The van der Waals surface area contributed by atoms with Crippen molar-refractivity contribution in [2.45, 2.75) is 17.8 Å². The van der Waals surface area contributed by atoms with Gasteiger partial charge in [0, 0.05) is 11.3 Å². The number of nitrogens with zero attached hydrogens (tertiary/aromatic N) is 4. The van der Waals surface area contributed by atoms with E-state index in [2.05, 4.69) is 41.4 Å². The summed E-state index contributed by atoms with van der Waals surface area (Å²) in [6, 6.07) is 18.2. The molecule has 0 radical (unpaired) electrons. The monoisotopic (exact) mass is 376 g/mol. The van der Waals surface area contributed by atoms with E-state index in [1.165, 1.54) is 11.1 Å². The van der Waals surface area contributed by atoms with Crippen LogP contribution in [0.25, 0.3) is 16.9 Å². The standard InChI is InChI=1S/C20H16N4O2S/c1-13-3-2-4-14(9-13)11-27-20-22-21-19-8-6-16(23-24(19)20)15-5-7-17-18(10-15)26-12-25-17/h2-10H,11-12H2,1H3. The molecule has 6 nitrogen and oxygen atoms in total. The summed E-state index contributed by atoms with van der Waals surface area (Å²) in [5.41, 5.74) is 5.03. The zero-order valence-electron chi connectivity index (χ0n) is 14.6. The van der Waals surface area contributed by atoms with Crippen LogP contribution in [0.2, 0.25) is 0 Å². The van der Waals surface area contributed by atoms with Gasteiger partial charge in [-0.25, -0.2) is 0 Å². The van der Waals surface area contributed by atoms with Gasteiger partial charge in [-0.15, -0.1) is 10.2 Å². The minimum Gasteiger partial charge on any atom is -0.454 e. The molecule has 5 rings (SSSR count). The van der Waals surface area contributed by atoms with Crippen LogP contribution in [0.1, 0.15) is 11.1 Å². The molecule has 3 heterocycles. The molecular formula is C20H16N4O2S. The molecule has 1 aliphatic rings. The molecule has 0 atom stereocenters. The van der Waals surface area contributed by atoms with Gasteiger partial charge in [0.2, 0.25) is 11.9 Å². The van der Waals surface area contributed by atoms with Crippen molar-refractivity contribution in [3.05, 3.63) is 65.7 Å². The number of thioether (sulfide) groups is 1. The summed E-state index contributed by atoms with van der Waals surface area (Å²) in [5.74, 6) is 2.32. The summed E-state index contributed by atoms with van der Waals surface area (Å²) in [4.78, 5) is 0. The van der Waals surface area contributed by atoms with Crippen LogP contribution in [0.3, 0.4) is 0 Å². The van der Waals surface area contributed by atoms with Crippen LogP contribution in [0.15, 0.2) is 59.8 Å². The predicted molar refractivity (Wildman–Crippen MR) is 103 cm³/mol. The summed E-state index contributed by atoms with van der Waals surface area (Å²) in [5, 5.41) is 14.0. The Balaban J connectivity index is 1.45. The largest absolute Gasteiger partial charge is 0.454 e. The van der Waals surface area contributed by atoms with Gasteiger partial charge in [0.05, 0.1) is 5.69 Å². The summed E-state index contributed by atoms with van der Waals surface area (Å²) in [6.07, 6.45) is 0. The highest BCUT2D eigenvalue weighted by Gasteiger charge is 2.15. The average molecular weight is 376 g/mol. The van der Waals surface area contributed by atoms with E-state index in [0.717, 1.165) is 39.3 Å². The number of hydrogen-bond acceptors (Lipinski definition) is 6. The molecule has 0 bridgehead atoms. The van der Waals surface area contributed by atoms with Gasteiger partial charge >= 0.3 is 0 Å². The Bertz CT molecular complexity index is 1140. The molecule has 134 valence electrons. The Kier molecular flexibility index (Phi) is 3.94. The summed E-state index contributed by atoms with van der Waals surface area (Å²) in [6.45, 7) is 2.36. The SMILES string of the molecule is Cc1cccc(CSc2nnc3ccc(-c4ccc5c(c4)OCO5)nn23)c1. The second kappa shape index (κ2) is 6.59. The quantitative estimate of drug-likeness (QED) is 0.499. The molecule has 1 aliphatic heterocycles. The molecule has 0 fully saturated rings. The minimum absolute atomic E-state index is 0.260. The third-order valence-corrected chi connectivity index (χ3v) is 5.34. The number of rotatable bonds is 4. The van der Waals surface area contributed by atoms with Crippen LogP contribution in [0, 0.1) is 6.92 Å². The van der Waals surface area contributed by atoms with Crippen LogP contribution >= 0.6 is 11.8 Å². The summed E-state index contributed by atoms with van der Waals surface area (Å²) in [7, 11) is 0. The number of aromatic nitrogens is 4. The average Bonchev–Trinajstić information content (AvgIpc) is 3.32. The highest BCUT2D eigenvalue weighted by molar-refractivity contribution is 7.98. The van der Waals surface area contributed by atoms with Crippen molar-refractivity contribution in [3.8, 4) is 22.8 Å². The molecule has 0 N–H and O–H groups in total. The third-order valence-electron chi connectivity index (χ3n) is 4.35. The molecule has 0 saturated carbocycles. The second-order valence-electron chi connectivity index (χ2n) is 6.32. The first-order valence-electron chi connectivity index (χ1n) is 8.57. The van der Waals surface area contributed by atoms with E-state index in [1.54, 1.807) is 16.3 Å². The van der Waals surface area contributed by atoms with E-state index in [1.807, 2.05) is 30.3 Å². The van der Waals surface area contributed by atoms with Gasteiger partial charge < -0.3 is 9.47 Å². The zero-order chi connectivity index (χ0) is 18.2. The number of fused-ring (bicyclic) bond motifs is 2. The maximum absolute atomic E-state index is 5.47. The summed E-state index contributed by atoms with van der Waals surface area (Å²) >= 11 is 1.62. The number of ether oxygens (including phenoxy) is 2. The van der Waals surface area contributed by atoms with E-state index in [4.69, 9.17) is 14.6 Å². The van der Waals surface area contributed by atoms with Gasteiger partial charge in [0.25, 0.3) is 0 Å². The Morgan fingerprint density at radius 2 is 1.93 bits per heavy atom. The fourth-order valence-electron chi connectivity index (χ4n) is 3.02. The van der Waals surface area contributed by atoms with E-state index in [9.17, 15) is 0 Å². The predicted octanol–water partition coefficient (Wildman–Crippen LogP) is 4.12. The Morgan fingerprint density at radius 3 is 2.85 bits per heavy atom. The molecule has 0 aliphatic carbocycles. The molecule has 4 aromatic rings. The number of benzene rings is 2. The fourth-order valence-corrected chi connectivity index (χ4v) is 3.85. The molecule has 0 unspecified atom stereocenters. The second-order valence-corrected chi connectivity index (χ2v) is 7.26. The highest BCUT2D eigenvalue weighted by Crippen LogP contribution is 2.35. The molecule has 7 heteroatoms. The van der Waals surface area contributed by atoms with E-state index < -0.39 is 0 Å². The first-order valence-corrected chi connectivity index (χ1v) is 9.56. The maximum Gasteiger partial charge on any atom is 0.231 e. The van der Waals surface area contributed by atoms with Crippen LogP contribution < -0.4 is 9.47 Å². The Morgan fingerprint density at radius 1 is 1.00 bits per heavy atom. The van der Waals surface area contributed by atoms with Crippen LogP contribution in [-0.4, -0.2) is 26.6 Å². The van der Waals surface area contributed by atoms with Crippen LogP contribution in [0.4, 0.5) is 0 Å². The van der Waals surface area contributed by atoms with Crippen molar-refractivity contribution in [1.29, 1.82) is 0 Å². The molecule has 2 aromatic carbocycles. The molecule has 2 aromatic heterocycles. The lowest BCUT2D eigenvalue weighted by Crippen LogP contribution is -1.96. The van der Waals surface area contributed by atoms with Gasteiger partial charge in [-0.05, 0) is 42.8 Å². The van der Waals surface area contributed by atoms with Crippen molar-refractivity contribution >= 4 is 17.4 Å². The first-order chi connectivity index (χ1) is 13.3. The van der Waals surface area contributed by atoms with Gasteiger partial charge in [-0.2, -0.15) is 9.61 Å². The minimum atomic E-state index is 0.260. The number of aryl methyl sites for hydroxylation is 1. The lowest BCUT2D eigenvalue weighted by molar-refractivity contribution is 0.174. The summed E-state index contributed by atoms with van der Waals surface area (Å²) < 4.78 is 12.6. The van der Waals surface area contributed by atoms with Crippen molar-refractivity contribution in [2.75, 3.05) is 6.79 Å². The normalized spacial score (nSPS) is 12.6. The molecule has 0 saturated heterocycles. The van der Waals surface area contributed by atoms with E-state index in [-0.39, 0.29) is 6.79 Å². The van der Waals surface area contributed by atoms with Crippen molar-refractivity contribution in [2.24, 2.45) is 0 Å². The Labute approximate surface area is 160 Å². The van der Waals surface area contributed by atoms with Crippen molar-refractivity contribution in [1.82, 2.24) is 19.8 Å². The van der Waals surface area contributed by atoms with Crippen molar-refractivity contribution in [3.63, 3.8) is 0 Å². The maximum atomic E-state index is 5.47. The first kappa shape index (κ1) is 16.1. The van der Waals surface area contributed by atoms with E-state index >= 15 is 0 Å². The zero-order valence-corrected chi connectivity index (χ0v) is 15.4. The Hall–Kier alpha value is -3.06. The molecule has 0 spiro atoms. The fraction of sp³-hybridized carbons (Fsp3) is 0.150. The smallest absolute Gasteiger partial charge is 0.231 e. The molecule has 27 heavy (non-hydrogen) atoms. The molecule has 0 amide bonds. The van der Waals surface area contributed by atoms with Crippen LogP contribution in [0.5, 0.6) is 11.5 Å². The van der Waals surface area contributed by atoms with Gasteiger partial charge in [-0.1, -0.05) is 41.6 Å². The van der Waals surface area contributed by atoms with Gasteiger partial charge in [-0.3, -0.25) is 0 Å².